The first-order valence-corrected chi connectivity index (χ1v) is 6.84. The van der Waals surface area contributed by atoms with E-state index in [-0.39, 0.29) is 5.91 Å². The number of halogens is 1. The highest BCUT2D eigenvalue weighted by atomic mass is 35.5. The Morgan fingerprint density at radius 2 is 2.10 bits per heavy atom. The Morgan fingerprint density at radius 1 is 1.29 bits per heavy atom. The van der Waals surface area contributed by atoms with E-state index in [9.17, 15) is 4.79 Å². The lowest BCUT2D eigenvalue weighted by Crippen LogP contribution is -2.12. The van der Waals surface area contributed by atoms with Crippen molar-refractivity contribution in [1.82, 2.24) is 0 Å². The molecule has 2 aromatic rings. The Kier molecular flexibility index (Phi) is 4.99. The zero-order chi connectivity index (χ0) is 15.2. The van der Waals surface area contributed by atoms with Crippen molar-refractivity contribution in [2.24, 2.45) is 5.73 Å². The largest absolute Gasteiger partial charge is 0.322 e. The minimum Gasteiger partial charge on any atom is -0.322 e. The molecular weight excluding hydrogens is 284 g/mol. The van der Waals surface area contributed by atoms with Gasteiger partial charge in [-0.2, -0.15) is 0 Å². The van der Waals surface area contributed by atoms with Gasteiger partial charge in [0.05, 0.1) is 6.54 Å². The summed E-state index contributed by atoms with van der Waals surface area (Å²) in [6.45, 7) is 2.20. The number of carbonyl (C=O) groups excluding carboxylic acids is 1. The maximum absolute atomic E-state index is 12.2. The minimum absolute atomic E-state index is 0.208. The predicted molar refractivity (Wildman–Crippen MR) is 86.5 cm³/mol. The van der Waals surface area contributed by atoms with Gasteiger partial charge in [-0.15, -0.1) is 0 Å². The van der Waals surface area contributed by atoms with Crippen LogP contribution in [0.3, 0.4) is 0 Å². The van der Waals surface area contributed by atoms with Crippen molar-refractivity contribution in [2.75, 3.05) is 11.9 Å². The molecule has 0 saturated carbocycles. The van der Waals surface area contributed by atoms with Crippen LogP contribution in [0.25, 0.3) is 0 Å². The van der Waals surface area contributed by atoms with Gasteiger partial charge in [-0.25, -0.2) is 0 Å². The van der Waals surface area contributed by atoms with Crippen LogP contribution < -0.4 is 11.1 Å². The van der Waals surface area contributed by atoms with Crippen LogP contribution in [0.2, 0.25) is 5.02 Å². The van der Waals surface area contributed by atoms with Gasteiger partial charge in [0.1, 0.15) is 0 Å². The smallest absolute Gasteiger partial charge is 0.255 e. The number of amides is 1. The van der Waals surface area contributed by atoms with Crippen LogP contribution in [0, 0.1) is 18.8 Å². The normalized spacial score (nSPS) is 9.67. The van der Waals surface area contributed by atoms with E-state index in [0.29, 0.717) is 22.8 Å². The number of rotatable bonds is 2. The summed E-state index contributed by atoms with van der Waals surface area (Å²) >= 11 is 6.03. The Balaban J connectivity index is 2.17. The topological polar surface area (TPSA) is 55.1 Å². The first-order chi connectivity index (χ1) is 10.1. The molecule has 0 bridgehead atoms. The van der Waals surface area contributed by atoms with Crippen molar-refractivity contribution in [3.63, 3.8) is 0 Å². The van der Waals surface area contributed by atoms with Crippen LogP contribution in [-0.2, 0) is 0 Å². The number of nitrogens with one attached hydrogen (secondary N) is 1. The van der Waals surface area contributed by atoms with E-state index < -0.39 is 0 Å². The van der Waals surface area contributed by atoms with Gasteiger partial charge < -0.3 is 11.1 Å². The van der Waals surface area contributed by atoms with E-state index in [1.807, 2.05) is 25.1 Å². The van der Waals surface area contributed by atoms with E-state index in [2.05, 4.69) is 17.2 Å². The van der Waals surface area contributed by atoms with E-state index in [4.69, 9.17) is 17.3 Å². The van der Waals surface area contributed by atoms with Gasteiger partial charge in [-0.1, -0.05) is 35.6 Å². The second kappa shape index (κ2) is 6.94. The van der Waals surface area contributed by atoms with Gasteiger partial charge >= 0.3 is 0 Å². The lowest BCUT2D eigenvalue weighted by molar-refractivity contribution is 0.102. The highest BCUT2D eigenvalue weighted by Crippen LogP contribution is 2.18. The molecule has 106 valence electrons. The number of anilines is 1. The molecule has 1 amide bonds. The molecule has 0 aliphatic rings. The lowest BCUT2D eigenvalue weighted by Gasteiger charge is -2.07. The molecule has 2 rings (SSSR count). The fourth-order valence-corrected chi connectivity index (χ4v) is 1.95. The summed E-state index contributed by atoms with van der Waals surface area (Å²) in [4.78, 5) is 12.2. The number of carbonyl (C=O) groups is 1. The van der Waals surface area contributed by atoms with Gasteiger partial charge in [0.2, 0.25) is 0 Å². The van der Waals surface area contributed by atoms with Gasteiger partial charge in [0, 0.05) is 21.8 Å². The van der Waals surface area contributed by atoms with Gasteiger partial charge in [-0.3, -0.25) is 4.79 Å². The Labute approximate surface area is 129 Å². The fourth-order valence-electron chi connectivity index (χ4n) is 1.77. The standard InChI is InChI=1S/C17H15ClN2O/c1-12-7-8-14(11-16(12)18)17(21)20-15-6-2-4-13(10-15)5-3-9-19/h2,4,6-8,10-11H,9,19H2,1H3,(H,20,21). The van der Waals surface area contributed by atoms with Gasteiger partial charge in [0.25, 0.3) is 5.91 Å². The van der Waals surface area contributed by atoms with E-state index >= 15 is 0 Å². The highest BCUT2D eigenvalue weighted by Gasteiger charge is 2.07. The highest BCUT2D eigenvalue weighted by molar-refractivity contribution is 6.31. The van der Waals surface area contributed by atoms with Gasteiger partial charge in [0.15, 0.2) is 0 Å². The van der Waals surface area contributed by atoms with Gasteiger partial charge in [-0.05, 0) is 42.8 Å². The summed E-state index contributed by atoms with van der Waals surface area (Å²) in [5.41, 5.74) is 8.28. The molecule has 0 heterocycles. The Hall–Kier alpha value is -2.28. The van der Waals surface area contributed by atoms with E-state index in [1.165, 1.54) is 0 Å². The second-order valence-electron chi connectivity index (χ2n) is 4.50. The van der Waals surface area contributed by atoms with Crippen LogP contribution in [0.4, 0.5) is 5.69 Å². The third-order valence-corrected chi connectivity index (χ3v) is 3.30. The molecule has 0 atom stereocenters. The van der Waals surface area contributed by atoms with E-state index in [1.54, 1.807) is 24.3 Å². The Morgan fingerprint density at radius 3 is 2.81 bits per heavy atom. The van der Waals surface area contributed by atoms with Crippen molar-refractivity contribution in [2.45, 2.75) is 6.92 Å². The van der Waals surface area contributed by atoms with Crippen LogP contribution in [0.5, 0.6) is 0 Å². The first-order valence-electron chi connectivity index (χ1n) is 6.46. The molecule has 0 saturated heterocycles. The quantitative estimate of drug-likeness (QED) is 0.837. The average molecular weight is 299 g/mol. The Bertz CT molecular complexity index is 729. The summed E-state index contributed by atoms with van der Waals surface area (Å²) in [6, 6.07) is 12.5. The molecule has 0 fully saturated rings. The number of hydrogen-bond donors (Lipinski definition) is 2. The summed E-state index contributed by atoms with van der Waals surface area (Å²) in [7, 11) is 0. The zero-order valence-corrected chi connectivity index (χ0v) is 12.4. The van der Waals surface area contributed by atoms with Crippen molar-refractivity contribution < 1.29 is 4.79 Å². The average Bonchev–Trinajstić information content (AvgIpc) is 2.48. The van der Waals surface area contributed by atoms with Crippen LogP contribution in [0.15, 0.2) is 42.5 Å². The molecule has 2 aromatic carbocycles. The summed E-state index contributed by atoms with van der Waals surface area (Å²) in [5, 5.41) is 3.40. The molecule has 0 aliphatic heterocycles. The zero-order valence-electron chi connectivity index (χ0n) is 11.6. The molecule has 0 spiro atoms. The summed E-state index contributed by atoms with van der Waals surface area (Å²) in [6.07, 6.45) is 0. The maximum Gasteiger partial charge on any atom is 0.255 e. The summed E-state index contributed by atoms with van der Waals surface area (Å²) in [5.74, 6) is 5.50. The third kappa shape index (κ3) is 4.09. The molecule has 0 aliphatic carbocycles. The van der Waals surface area contributed by atoms with Crippen molar-refractivity contribution in [3.8, 4) is 11.8 Å². The number of hydrogen-bond acceptors (Lipinski definition) is 2. The summed E-state index contributed by atoms with van der Waals surface area (Å²) < 4.78 is 0. The molecule has 3 N–H and O–H groups in total. The minimum atomic E-state index is -0.208. The molecule has 0 radical (unpaired) electrons. The maximum atomic E-state index is 12.2. The monoisotopic (exact) mass is 298 g/mol. The molecular formula is C17H15ClN2O. The number of benzene rings is 2. The number of nitrogens with two attached hydrogens (primary N) is 1. The molecule has 21 heavy (non-hydrogen) atoms. The van der Waals surface area contributed by atoms with Crippen LogP contribution >= 0.6 is 11.6 Å². The van der Waals surface area contributed by atoms with Crippen molar-refractivity contribution in [1.29, 1.82) is 0 Å². The lowest BCUT2D eigenvalue weighted by atomic mass is 10.1. The predicted octanol–water partition coefficient (Wildman–Crippen LogP) is 3.21. The molecule has 0 unspecified atom stereocenters. The fraction of sp³-hybridized carbons (Fsp3) is 0.118. The van der Waals surface area contributed by atoms with Crippen LogP contribution in [-0.4, -0.2) is 12.5 Å². The second-order valence-corrected chi connectivity index (χ2v) is 4.91. The molecule has 4 heteroatoms. The number of aryl methyl sites for hydroxylation is 1. The molecule has 0 aromatic heterocycles. The van der Waals surface area contributed by atoms with E-state index in [0.717, 1.165) is 11.1 Å². The SMILES string of the molecule is Cc1ccc(C(=O)Nc2cccc(C#CCN)c2)cc1Cl. The third-order valence-electron chi connectivity index (χ3n) is 2.89. The molecule has 3 nitrogen and oxygen atoms in total. The van der Waals surface area contributed by atoms with Crippen molar-refractivity contribution >= 4 is 23.2 Å². The van der Waals surface area contributed by atoms with Crippen LogP contribution in [0.1, 0.15) is 21.5 Å². The first kappa shape index (κ1) is 15.1. The van der Waals surface area contributed by atoms with Crippen molar-refractivity contribution in [3.05, 3.63) is 64.2 Å².